The van der Waals surface area contributed by atoms with Crippen molar-refractivity contribution in [3.63, 3.8) is 0 Å². The van der Waals surface area contributed by atoms with Crippen molar-refractivity contribution in [2.75, 3.05) is 26.2 Å². The first-order valence-corrected chi connectivity index (χ1v) is 10.2. The van der Waals surface area contributed by atoms with Crippen molar-refractivity contribution in [3.8, 4) is 11.1 Å². The van der Waals surface area contributed by atoms with Gasteiger partial charge in [-0.15, -0.1) is 0 Å². The first-order chi connectivity index (χ1) is 14.1. The van der Waals surface area contributed by atoms with E-state index in [1.807, 2.05) is 24.3 Å². The summed E-state index contributed by atoms with van der Waals surface area (Å²) in [7, 11) is 0. The molecule has 1 amide bonds. The molecule has 0 bridgehead atoms. The van der Waals surface area contributed by atoms with Crippen molar-refractivity contribution < 1.29 is 14.3 Å². The van der Waals surface area contributed by atoms with Gasteiger partial charge in [-0.1, -0.05) is 48.5 Å². The van der Waals surface area contributed by atoms with Crippen molar-refractivity contribution in [2.24, 2.45) is 17.4 Å². The number of carbonyl (C=O) groups is 2. The van der Waals surface area contributed by atoms with Gasteiger partial charge in [-0.3, -0.25) is 4.79 Å². The lowest BCUT2D eigenvalue weighted by Crippen LogP contribution is -2.48. The Hall–Kier alpha value is -2.70. The molecule has 0 spiro atoms. The first-order valence-electron chi connectivity index (χ1n) is 10.2. The highest BCUT2D eigenvalue weighted by Crippen LogP contribution is 2.44. The molecule has 29 heavy (non-hydrogen) atoms. The van der Waals surface area contributed by atoms with Gasteiger partial charge in [-0.2, -0.15) is 0 Å². The first kappa shape index (κ1) is 19.6. The average molecular weight is 393 g/mol. The van der Waals surface area contributed by atoms with Crippen molar-refractivity contribution >= 4 is 11.9 Å². The van der Waals surface area contributed by atoms with E-state index in [0.717, 1.165) is 0 Å². The summed E-state index contributed by atoms with van der Waals surface area (Å²) in [5, 5.41) is 0. The lowest BCUT2D eigenvalue weighted by molar-refractivity contribution is -0.120. The van der Waals surface area contributed by atoms with E-state index in [-0.39, 0.29) is 30.3 Å². The minimum Gasteiger partial charge on any atom is -0.448 e. The number of benzene rings is 2. The Morgan fingerprint density at radius 2 is 1.55 bits per heavy atom. The normalized spacial score (nSPS) is 17.5. The topological polar surface area (TPSA) is 98.6 Å². The fourth-order valence-electron chi connectivity index (χ4n) is 4.53. The van der Waals surface area contributed by atoms with Gasteiger partial charge in [0.05, 0.1) is 12.6 Å². The van der Waals surface area contributed by atoms with Gasteiger partial charge in [-0.25, -0.2) is 4.79 Å². The van der Waals surface area contributed by atoms with Crippen LogP contribution in [0.2, 0.25) is 0 Å². The summed E-state index contributed by atoms with van der Waals surface area (Å²) < 4.78 is 5.71. The van der Waals surface area contributed by atoms with E-state index >= 15 is 0 Å². The number of carbonyl (C=O) groups excluding carboxylic acids is 2. The van der Waals surface area contributed by atoms with Crippen LogP contribution >= 0.6 is 0 Å². The second-order valence-corrected chi connectivity index (χ2v) is 7.82. The molecule has 0 aromatic heterocycles. The minimum absolute atomic E-state index is 0.0340. The van der Waals surface area contributed by atoms with Gasteiger partial charge in [0.15, 0.2) is 5.78 Å². The largest absolute Gasteiger partial charge is 0.448 e. The van der Waals surface area contributed by atoms with Gasteiger partial charge in [0.25, 0.3) is 0 Å². The predicted molar refractivity (Wildman–Crippen MR) is 111 cm³/mol. The molecule has 152 valence electrons. The molecule has 1 aliphatic heterocycles. The van der Waals surface area contributed by atoms with E-state index in [9.17, 15) is 9.59 Å². The highest BCUT2D eigenvalue weighted by molar-refractivity contribution is 5.85. The highest BCUT2D eigenvalue weighted by Gasteiger charge is 2.32. The Labute approximate surface area is 170 Å². The Balaban J connectivity index is 1.37. The van der Waals surface area contributed by atoms with Crippen LogP contribution in [-0.4, -0.2) is 49.1 Å². The second-order valence-electron chi connectivity index (χ2n) is 7.82. The lowest BCUT2D eigenvalue weighted by Gasteiger charge is -2.33. The molecule has 6 nitrogen and oxygen atoms in total. The Kier molecular flexibility index (Phi) is 5.65. The molecule has 1 saturated heterocycles. The number of amides is 1. The van der Waals surface area contributed by atoms with E-state index in [1.54, 1.807) is 4.90 Å². The van der Waals surface area contributed by atoms with E-state index in [2.05, 4.69) is 24.3 Å². The third kappa shape index (κ3) is 3.78. The lowest BCUT2D eigenvalue weighted by atomic mass is 9.88. The summed E-state index contributed by atoms with van der Waals surface area (Å²) in [6, 6.07) is 16.0. The fraction of sp³-hybridized carbons (Fsp3) is 0.391. The number of fused-ring (bicyclic) bond motifs is 3. The van der Waals surface area contributed by atoms with Gasteiger partial charge in [0, 0.05) is 19.0 Å². The molecule has 4 N–H and O–H groups in total. The minimum atomic E-state index is -0.537. The van der Waals surface area contributed by atoms with Crippen LogP contribution in [0.4, 0.5) is 4.79 Å². The molecule has 1 atom stereocenters. The van der Waals surface area contributed by atoms with Gasteiger partial charge in [0.1, 0.15) is 6.61 Å². The van der Waals surface area contributed by atoms with Gasteiger partial charge in [-0.05, 0) is 41.0 Å². The van der Waals surface area contributed by atoms with Gasteiger partial charge in [0.2, 0.25) is 0 Å². The van der Waals surface area contributed by atoms with E-state index in [0.29, 0.717) is 32.5 Å². The maximum absolute atomic E-state index is 12.6. The number of ketones is 1. The summed E-state index contributed by atoms with van der Waals surface area (Å²) in [5.41, 5.74) is 16.2. The quantitative estimate of drug-likeness (QED) is 0.813. The molecule has 4 rings (SSSR count). The van der Waals surface area contributed by atoms with E-state index in [4.69, 9.17) is 16.2 Å². The number of hydrogen-bond acceptors (Lipinski definition) is 5. The molecule has 1 aliphatic carbocycles. The molecule has 2 aromatic rings. The highest BCUT2D eigenvalue weighted by atomic mass is 16.6. The molecule has 2 aliphatic rings. The van der Waals surface area contributed by atoms with Crippen LogP contribution in [0.15, 0.2) is 48.5 Å². The smallest absolute Gasteiger partial charge is 0.409 e. The number of Topliss-reactive ketones (excluding diaryl/α,β-unsaturated/α-hetero) is 1. The zero-order chi connectivity index (χ0) is 20.4. The van der Waals surface area contributed by atoms with Gasteiger partial charge >= 0.3 is 6.09 Å². The molecular formula is C23H27N3O3. The molecule has 1 unspecified atom stereocenters. The fourth-order valence-corrected chi connectivity index (χ4v) is 4.53. The molecule has 0 radical (unpaired) electrons. The number of hydrogen-bond donors (Lipinski definition) is 2. The molecule has 6 heteroatoms. The maximum atomic E-state index is 12.6. The van der Waals surface area contributed by atoms with E-state index in [1.165, 1.54) is 22.3 Å². The summed E-state index contributed by atoms with van der Waals surface area (Å²) in [6.45, 7) is 1.38. The van der Waals surface area contributed by atoms with E-state index < -0.39 is 6.04 Å². The van der Waals surface area contributed by atoms with Crippen molar-refractivity contribution in [3.05, 3.63) is 59.7 Å². The van der Waals surface area contributed by atoms with Crippen molar-refractivity contribution in [1.29, 1.82) is 0 Å². The monoisotopic (exact) mass is 393 g/mol. The molecule has 1 heterocycles. The number of ether oxygens (including phenoxy) is 1. The van der Waals surface area contributed by atoms with Crippen LogP contribution in [0.3, 0.4) is 0 Å². The SMILES string of the molecule is NCC(=O)C(N)C1CCN(C(=O)OCC2c3ccccc3-c3ccccc32)CC1. The summed E-state index contributed by atoms with van der Waals surface area (Å²) in [4.78, 5) is 26.1. The molecular weight excluding hydrogens is 366 g/mol. The summed E-state index contributed by atoms with van der Waals surface area (Å²) in [5.74, 6) is 0.00719. The van der Waals surface area contributed by atoms with Crippen molar-refractivity contribution in [1.82, 2.24) is 4.90 Å². The third-order valence-electron chi connectivity index (χ3n) is 6.21. The molecule has 0 saturated carbocycles. The molecule has 1 fully saturated rings. The van der Waals surface area contributed by atoms with Crippen molar-refractivity contribution in [2.45, 2.75) is 24.8 Å². The zero-order valence-electron chi connectivity index (χ0n) is 16.4. The predicted octanol–water partition coefficient (Wildman–Crippen LogP) is 2.50. The number of nitrogens with zero attached hydrogens (tertiary/aromatic N) is 1. The number of piperidine rings is 1. The van der Waals surface area contributed by atoms with Crippen LogP contribution in [0, 0.1) is 5.92 Å². The summed E-state index contributed by atoms with van der Waals surface area (Å²) in [6.07, 6.45) is 1.08. The summed E-state index contributed by atoms with van der Waals surface area (Å²) >= 11 is 0. The Bertz CT molecular complexity index is 860. The van der Waals surface area contributed by atoms with Crippen LogP contribution in [0.5, 0.6) is 0 Å². The van der Waals surface area contributed by atoms with Crippen LogP contribution < -0.4 is 11.5 Å². The maximum Gasteiger partial charge on any atom is 0.409 e. The average Bonchev–Trinajstić information content (AvgIpc) is 3.10. The number of likely N-dealkylation sites (tertiary alicyclic amines) is 1. The van der Waals surface area contributed by atoms with Crippen LogP contribution in [0.25, 0.3) is 11.1 Å². The zero-order valence-corrected chi connectivity index (χ0v) is 16.4. The third-order valence-corrected chi connectivity index (χ3v) is 6.21. The Morgan fingerprint density at radius 3 is 2.10 bits per heavy atom. The second kappa shape index (κ2) is 8.35. The number of rotatable bonds is 5. The molecule has 2 aromatic carbocycles. The van der Waals surface area contributed by atoms with Crippen LogP contribution in [0.1, 0.15) is 29.9 Å². The number of nitrogens with two attached hydrogens (primary N) is 2. The Morgan fingerprint density at radius 1 is 1.00 bits per heavy atom. The van der Waals surface area contributed by atoms with Gasteiger partial charge < -0.3 is 21.1 Å². The van der Waals surface area contributed by atoms with Crippen LogP contribution in [-0.2, 0) is 9.53 Å². The standard InChI is InChI=1S/C23H27N3O3/c24-13-21(27)22(25)15-9-11-26(12-10-15)23(28)29-14-20-18-7-3-1-5-16(18)17-6-2-4-8-19(17)20/h1-8,15,20,22H,9-14,24-25H2.